The van der Waals surface area contributed by atoms with Gasteiger partial charge in [-0.25, -0.2) is 0 Å². The lowest BCUT2D eigenvalue weighted by atomic mass is 10.1. The Bertz CT molecular complexity index is 273. The van der Waals surface area contributed by atoms with Gasteiger partial charge in [0, 0.05) is 5.75 Å². The highest BCUT2D eigenvalue weighted by Crippen LogP contribution is 2.20. The first-order chi connectivity index (χ1) is 9.02. The van der Waals surface area contributed by atoms with Crippen molar-refractivity contribution in [1.29, 1.82) is 0 Å². The number of carbonyl (C=O) groups is 2. The normalized spacial score (nSPS) is 13.8. The predicted molar refractivity (Wildman–Crippen MR) is 77.2 cm³/mol. The van der Waals surface area contributed by atoms with Gasteiger partial charge in [-0.2, -0.15) is 0 Å². The Balaban J connectivity index is 4.17. The van der Waals surface area contributed by atoms with Gasteiger partial charge in [0.1, 0.15) is 11.3 Å². The Hall–Kier alpha value is -0.750. The van der Waals surface area contributed by atoms with E-state index in [1.807, 2.05) is 0 Å². The predicted octanol–water partition coefficient (Wildman–Crippen LogP) is 2.03. The van der Waals surface area contributed by atoms with E-state index in [4.69, 9.17) is 15.6 Å². The molecule has 0 aliphatic rings. The lowest BCUT2D eigenvalue weighted by molar-refractivity contribution is -0.142. The zero-order chi connectivity index (χ0) is 14.7. The molecule has 0 spiro atoms. The van der Waals surface area contributed by atoms with Crippen molar-refractivity contribution < 1.29 is 19.4 Å². The van der Waals surface area contributed by atoms with Crippen molar-refractivity contribution in [2.24, 2.45) is 5.73 Å². The Morgan fingerprint density at radius 1 is 1.26 bits per heavy atom. The lowest BCUT2D eigenvalue weighted by Crippen LogP contribution is -2.34. The molecule has 0 amide bonds. The van der Waals surface area contributed by atoms with Gasteiger partial charge in [-0.1, -0.05) is 32.6 Å². The highest BCUT2D eigenvalue weighted by molar-refractivity contribution is 8.00. The standard InChI is InChI=1S/C13H25NO4S/c1-3-5-6-7-8-11(13(17)18-4-2)19-9-10(14)12(15)16/h10-11H,3-9,14H2,1-2H3,(H,15,16)/t10-,11-/m1/s1. The van der Waals surface area contributed by atoms with E-state index in [1.54, 1.807) is 6.92 Å². The van der Waals surface area contributed by atoms with E-state index in [-0.39, 0.29) is 17.0 Å². The number of ether oxygens (including phenoxy) is 1. The monoisotopic (exact) mass is 291 g/mol. The van der Waals surface area contributed by atoms with E-state index < -0.39 is 12.0 Å². The van der Waals surface area contributed by atoms with Crippen LogP contribution in [-0.4, -0.2) is 40.7 Å². The second-order valence-electron chi connectivity index (χ2n) is 4.37. The van der Waals surface area contributed by atoms with Crippen molar-refractivity contribution in [1.82, 2.24) is 0 Å². The first-order valence-corrected chi connectivity index (χ1v) is 7.84. The van der Waals surface area contributed by atoms with Crippen LogP contribution >= 0.6 is 11.8 Å². The second-order valence-corrected chi connectivity index (χ2v) is 5.60. The van der Waals surface area contributed by atoms with Gasteiger partial charge >= 0.3 is 11.9 Å². The number of esters is 1. The van der Waals surface area contributed by atoms with E-state index in [0.29, 0.717) is 6.61 Å². The number of rotatable bonds is 11. The van der Waals surface area contributed by atoms with E-state index >= 15 is 0 Å². The van der Waals surface area contributed by atoms with Gasteiger partial charge in [-0.3, -0.25) is 9.59 Å². The fraction of sp³-hybridized carbons (Fsp3) is 0.846. The minimum atomic E-state index is -1.04. The summed E-state index contributed by atoms with van der Waals surface area (Å²) in [6.45, 7) is 4.24. The Morgan fingerprint density at radius 3 is 2.47 bits per heavy atom. The molecule has 0 bridgehead atoms. The topological polar surface area (TPSA) is 89.6 Å². The summed E-state index contributed by atoms with van der Waals surface area (Å²) in [5, 5.41) is 8.42. The fourth-order valence-electron chi connectivity index (χ4n) is 1.55. The molecular formula is C13H25NO4S. The van der Waals surface area contributed by atoms with Crippen LogP contribution in [0.25, 0.3) is 0 Å². The molecule has 0 aliphatic heterocycles. The van der Waals surface area contributed by atoms with Crippen molar-refractivity contribution >= 4 is 23.7 Å². The SMILES string of the molecule is CCCCCC[C@@H](SC[C@@H](N)C(=O)O)C(=O)OCC. The summed E-state index contributed by atoms with van der Waals surface area (Å²) >= 11 is 1.28. The molecule has 0 fully saturated rings. The Kier molecular flexibility index (Phi) is 10.7. The lowest BCUT2D eigenvalue weighted by Gasteiger charge is -2.16. The third-order valence-corrected chi connectivity index (χ3v) is 4.05. The van der Waals surface area contributed by atoms with Gasteiger partial charge < -0.3 is 15.6 Å². The molecule has 0 aliphatic carbocycles. The van der Waals surface area contributed by atoms with Crippen LogP contribution in [0.5, 0.6) is 0 Å². The zero-order valence-electron chi connectivity index (χ0n) is 11.8. The summed E-state index contributed by atoms with van der Waals surface area (Å²) in [6, 6.07) is -0.933. The van der Waals surface area contributed by atoms with Crippen LogP contribution in [0.2, 0.25) is 0 Å². The number of aliphatic carboxylic acids is 1. The van der Waals surface area contributed by atoms with Gasteiger partial charge in [0.05, 0.1) is 6.61 Å². The van der Waals surface area contributed by atoms with Crippen molar-refractivity contribution in [3.05, 3.63) is 0 Å². The maximum absolute atomic E-state index is 11.8. The minimum absolute atomic E-state index is 0.229. The molecule has 0 heterocycles. The molecule has 2 atom stereocenters. The summed E-state index contributed by atoms with van der Waals surface area (Å²) in [5.41, 5.74) is 5.44. The molecule has 0 aromatic rings. The largest absolute Gasteiger partial charge is 0.480 e. The number of hydrogen-bond acceptors (Lipinski definition) is 5. The molecule has 0 aromatic heterocycles. The average Bonchev–Trinajstić information content (AvgIpc) is 2.37. The smallest absolute Gasteiger partial charge is 0.321 e. The number of thioether (sulfide) groups is 1. The van der Waals surface area contributed by atoms with Gasteiger partial charge in [-0.05, 0) is 13.3 Å². The van der Waals surface area contributed by atoms with Crippen LogP contribution in [0, 0.1) is 0 Å². The Morgan fingerprint density at radius 2 is 1.95 bits per heavy atom. The third-order valence-electron chi connectivity index (χ3n) is 2.66. The Labute approximate surface area is 119 Å². The highest BCUT2D eigenvalue weighted by atomic mass is 32.2. The van der Waals surface area contributed by atoms with E-state index in [2.05, 4.69) is 6.92 Å². The van der Waals surface area contributed by atoms with Crippen LogP contribution in [0.1, 0.15) is 46.0 Å². The third kappa shape index (κ3) is 8.88. The van der Waals surface area contributed by atoms with Crippen molar-refractivity contribution in [3.8, 4) is 0 Å². The number of carboxylic acid groups (broad SMARTS) is 1. The first kappa shape index (κ1) is 18.2. The van der Waals surface area contributed by atoms with Crippen LogP contribution < -0.4 is 5.73 Å². The highest BCUT2D eigenvalue weighted by Gasteiger charge is 2.22. The summed E-state index contributed by atoms with van der Waals surface area (Å²) in [4.78, 5) is 22.4. The van der Waals surface area contributed by atoms with Crippen LogP contribution in [-0.2, 0) is 14.3 Å². The molecule has 0 saturated heterocycles. The van der Waals surface area contributed by atoms with E-state index in [1.165, 1.54) is 11.8 Å². The molecular weight excluding hydrogens is 266 g/mol. The summed E-state index contributed by atoms with van der Waals surface area (Å²) in [6.07, 6.45) is 5.04. The maximum atomic E-state index is 11.8. The number of unbranched alkanes of at least 4 members (excludes halogenated alkanes) is 3. The van der Waals surface area contributed by atoms with Gasteiger partial charge in [-0.15, -0.1) is 11.8 Å². The zero-order valence-corrected chi connectivity index (χ0v) is 12.6. The van der Waals surface area contributed by atoms with Gasteiger partial charge in [0.25, 0.3) is 0 Å². The number of hydrogen-bond donors (Lipinski definition) is 2. The number of carboxylic acids is 1. The summed E-state index contributed by atoms with van der Waals surface area (Å²) < 4.78 is 5.01. The quantitative estimate of drug-likeness (QED) is 0.447. The van der Waals surface area contributed by atoms with Crippen molar-refractivity contribution in [2.45, 2.75) is 57.2 Å². The van der Waals surface area contributed by atoms with Crippen molar-refractivity contribution in [3.63, 3.8) is 0 Å². The van der Waals surface area contributed by atoms with E-state index in [9.17, 15) is 9.59 Å². The summed E-state index contributed by atoms with van der Waals surface area (Å²) in [7, 11) is 0. The number of carbonyl (C=O) groups excluding carboxylic acids is 1. The molecule has 0 aromatic carbocycles. The van der Waals surface area contributed by atoms with Crippen LogP contribution in [0.15, 0.2) is 0 Å². The minimum Gasteiger partial charge on any atom is -0.480 e. The van der Waals surface area contributed by atoms with Crippen LogP contribution in [0.3, 0.4) is 0 Å². The number of nitrogens with two attached hydrogens (primary N) is 1. The molecule has 6 heteroatoms. The molecule has 0 saturated carbocycles. The van der Waals surface area contributed by atoms with Crippen molar-refractivity contribution in [2.75, 3.05) is 12.4 Å². The second kappa shape index (κ2) is 11.1. The maximum Gasteiger partial charge on any atom is 0.321 e. The molecule has 112 valence electrons. The molecule has 0 rings (SSSR count). The summed E-state index contributed by atoms with van der Waals surface area (Å²) in [5.74, 6) is -1.07. The molecule has 0 radical (unpaired) electrons. The molecule has 5 nitrogen and oxygen atoms in total. The molecule has 3 N–H and O–H groups in total. The van der Waals surface area contributed by atoms with Crippen LogP contribution in [0.4, 0.5) is 0 Å². The van der Waals surface area contributed by atoms with Gasteiger partial charge in [0.2, 0.25) is 0 Å². The van der Waals surface area contributed by atoms with E-state index in [0.717, 1.165) is 32.1 Å². The first-order valence-electron chi connectivity index (χ1n) is 6.79. The fourth-order valence-corrected chi connectivity index (χ4v) is 2.67. The average molecular weight is 291 g/mol. The molecule has 0 unspecified atom stereocenters. The van der Waals surface area contributed by atoms with Gasteiger partial charge in [0.15, 0.2) is 0 Å². The molecule has 19 heavy (non-hydrogen) atoms.